The molecule has 0 radical (unpaired) electrons. The predicted octanol–water partition coefficient (Wildman–Crippen LogP) is 3.29. The van der Waals surface area contributed by atoms with Gasteiger partial charge in [-0.05, 0) is 36.7 Å². The van der Waals surface area contributed by atoms with Crippen molar-refractivity contribution in [3.05, 3.63) is 29.8 Å². The number of pyridine rings is 1. The van der Waals surface area contributed by atoms with Gasteiger partial charge >= 0.3 is 0 Å². The van der Waals surface area contributed by atoms with Crippen LogP contribution in [0, 0.1) is 23.6 Å². The lowest BCUT2D eigenvalue weighted by molar-refractivity contribution is 0.184. The van der Waals surface area contributed by atoms with Crippen LogP contribution in [0.4, 0.5) is 4.39 Å². The lowest BCUT2D eigenvalue weighted by Gasteiger charge is -2.35. The molecule has 0 saturated heterocycles. The van der Waals surface area contributed by atoms with Gasteiger partial charge in [-0.3, -0.25) is 4.98 Å². The molecular formula is C14H21FN2. The molecule has 2 rings (SSSR count). The first-order valence-corrected chi connectivity index (χ1v) is 6.44. The van der Waals surface area contributed by atoms with E-state index in [1.165, 1.54) is 12.6 Å². The summed E-state index contributed by atoms with van der Waals surface area (Å²) in [6, 6.07) is 1.52. The van der Waals surface area contributed by atoms with Crippen LogP contribution in [0.2, 0.25) is 0 Å². The van der Waals surface area contributed by atoms with E-state index in [0.29, 0.717) is 17.4 Å². The molecule has 2 nitrogen and oxygen atoms in total. The normalized spacial score (nSPS) is 31.2. The number of nitrogens with two attached hydrogens (primary N) is 1. The Balaban J connectivity index is 2.10. The third-order valence-electron chi connectivity index (χ3n) is 4.31. The van der Waals surface area contributed by atoms with Gasteiger partial charge in [0.2, 0.25) is 0 Å². The number of hydrogen-bond acceptors (Lipinski definition) is 2. The Bertz CT molecular complexity index is 380. The van der Waals surface area contributed by atoms with Gasteiger partial charge in [-0.15, -0.1) is 0 Å². The van der Waals surface area contributed by atoms with Gasteiger partial charge in [0.1, 0.15) is 5.82 Å². The van der Waals surface area contributed by atoms with Crippen LogP contribution in [-0.4, -0.2) is 4.98 Å². The minimum Gasteiger partial charge on any atom is -0.324 e. The summed E-state index contributed by atoms with van der Waals surface area (Å²) in [5.74, 6) is 1.58. The van der Waals surface area contributed by atoms with Crippen molar-refractivity contribution in [3.8, 4) is 0 Å². The highest BCUT2D eigenvalue weighted by Crippen LogP contribution is 2.39. The average molecular weight is 236 g/mol. The summed E-state index contributed by atoms with van der Waals surface area (Å²) in [5.41, 5.74) is 6.83. The molecular weight excluding hydrogens is 215 g/mol. The highest BCUT2D eigenvalue weighted by atomic mass is 19.1. The van der Waals surface area contributed by atoms with Gasteiger partial charge in [0.15, 0.2) is 0 Å². The van der Waals surface area contributed by atoms with Crippen LogP contribution in [-0.2, 0) is 0 Å². The molecule has 1 aromatic heterocycles. The van der Waals surface area contributed by atoms with E-state index in [1.54, 1.807) is 12.3 Å². The van der Waals surface area contributed by atoms with Gasteiger partial charge in [0.25, 0.3) is 0 Å². The van der Waals surface area contributed by atoms with Crippen LogP contribution in [0.25, 0.3) is 0 Å². The van der Waals surface area contributed by atoms with E-state index in [2.05, 4.69) is 18.8 Å². The molecule has 17 heavy (non-hydrogen) atoms. The Hall–Kier alpha value is -0.960. The maximum Gasteiger partial charge on any atom is 0.146 e. The number of aromatic nitrogens is 1. The third kappa shape index (κ3) is 2.65. The molecule has 1 fully saturated rings. The SMILES string of the molecule is CC1CCC(C(N)c2ccncc2F)CC1C. The second-order valence-corrected chi connectivity index (χ2v) is 5.45. The Morgan fingerprint density at radius 3 is 2.76 bits per heavy atom. The Labute approximate surface area is 102 Å². The van der Waals surface area contributed by atoms with Crippen molar-refractivity contribution < 1.29 is 4.39 Å². The first-order valence-electron chi connectivity index (χ1n) is 6.44. The first-order chi connectivity index (χ1) is 8.09. The summed E-state index contributed by atoms with van der Waals surface area (Å²) in [7, 11) is 0. The van der Waals surface area contributed by atoms with Crippen LogP contribution in [0.15, 0.2) is 18.5 Å². The van der Waals surface area contributed by atoms with Gasteiger partial charge in [0, 0.05) is 17.8 Å². The van der Waals surface area contributed by atoms with E-state index < -0.39 is 0 Å². The van der Waals surface area contributed by atoms with Gasteiger partial charge in [-0.2, -0.15) is 0 Å². The van der Waals surface area contributed by atoms with E-state index in [9.17, 15) is 4.39 Å². The van der Waals surface area contributed by atoms with Crippen LogP contribution in [0.3, 0.4) is 0 Å². The molecule has 4 unspecified atom stereocenters. The molecule has 3 heteroatoms. The van der Waals surface area contributed by atoms with Gasteiger partial charge < -0.3 is 5.73 Å². The van der Waals surface area contributed by atoms with Gasteiger partial charge in [-0.25, -0.2) is 4.39 Å². The van der Waals surface area contributed by atoms with Crippen LogP contribution >= 0.6 is 0 Å². The van der Waals surface area contributed by atoms with E-state index in [4.69, 9.17) is 5.73 Å². The highest BCUT2D eigenvalue weighted by Gasteiger charge is 2.30. The Morgan fingerprint density at radius 2 is 2.12 bits per heavy atom. The summed E-state index contributed by atoms with van der Waals surface area (Å²) in [5, 5.41) is 0. The van der Waals surface area contributed by atoms with Crippen molar-refractivity contribution in [1.82, 2.24) is 4.98 Å². The zero-order valence-electron chi connectivity index (χ0n) is 10.6. The molecule has 0 aromatic carbocycles. The second-order valence-electron chi connectivity index (χ2n) is 5.45. The summed E-state index contributed by atoms with van der Waals surface area (Å²) < 4.78 is 13.6. The molecule has 1 aromatic rings. The van der Waals surface area contributed by atoms with E-state index in [0.717, 1.165) is 18.8 Å². The molecule has 1 saturated carbocycles. The largest absolute Gasteiger partial charge is 0.324 e. The lowest BCUT2D eigenvalue weighted by atomic mass is 9.72. The van der Waals surface area contributed by atoms with Crippen molar-refractivity contribution in [2.75, 3.05) is 0 Å². The predicted molar refractivity (Wildman–Crippen MR) is 66.8 cm³/mol. The minimum absolute atomic E-state index is 0.187. The topological polar surface area (TPSA) is 38.9 Å². The van der Waals surface area contributed by atoms with Crippen molar-refractivity contribution in [2.45, 2.75) is 39.2 Å². The van der Waals surface area contributed by atoms with Crippen LogP contribution < -0.4 is 5.73 Å². The lowest BCUT2D eigenvalue weighted by Crippen LogP contribution is -2.30. The first kappa shape index (κ1) is 12.5. The summed E-state index contributed by atoms with van der Waals surface area (Å²) >= 11 is 0. The van der Waals surface area contributed by atoms with Crippen LogP contribution in [0.5, 0.6) is 0 Å². The number of nitrogens with zero attached hydrogens (tertiary/aromatic N) is 1. The summed E-state index contributed by atoms with van der Waals surface area (Å²) in [6.07, 6.45) is 6.28. The van der Waals surface area contributed by atoms with Crippen molar-refractivity contribution in [2.24, 2.45) is 23.5 Å². The van der Waals surface area contributed by atoms with Crippen molar-refractivity contribution in [1.29, 1.82) is 0 Å². The number of halogens is 1. The van der Waals surface area contributed by atoms with Crippen molar-refractivity contribution >= 4 is 0 Å². The molecule has 1 aliphatic rings. The average Bonchev–Trinajstić information content (AvgIpc) is 2.32. The molecule has 0 spiro atoms. The fraction of sp³-hybridized carbons (Fsp3) is 0.643. The quantitative estimate of drug-likeness (QED) is 0.855. The zero-order valence-corrected chi connectivity index (χ0v) is 10.6. The smallest absolute Gasteiger partial charge is 0.146 e. The number of rotatable bonds is 2. The molecule has 0 aliphatic heterocycles. The highest BCUT2D eigenvalue weighted by molar-refractivity contribution is 5.18. The minimum atomic E-state index is -0.272. The molecule has 0 bridgehead atoms. The number of hydrogen-bond donors (Lipinski definition) is 1. The van der Waals surface area contributed by atoms with E-state index in [-0.39, 0.29) is 11.9 Å². The second kappa shape index (κ2) is 5.13. The summed E-state index contributed by atoms with van der Waals surface area (Å²) in [6.45, 7) is 4.56. The van der Waals surface area contributed by atoms with E-state index >= 15 is 0 Å². The van der Waals surface area contributed by atoms with Gasteiger partial charge in [-0.1, -0.05) is 20.3 Å². The fourth-order valence-corrected chi connectivity index (χ4v) is 2.83. The molecule has 1 heterocycles. The summed E-state index contributed by atoms with van der Waals surface area (Å²) in [4.78, 5) is 3.77. The van der Waals surface area contributed by atoms with Crippen molar-refractivity contribution in [3.63, 3.8) is 0 Å². The van der Waals surface area contributed by atoms with E-state index in [1.807, 2.05) is 0 Å². The molecule has 4 atom stereocenters. The monoisotopic (exact) mass is 236 g/mol. The zero-order chi connectivity index (χ0) is 12.4. The maximum atomic E-state index is 13.6. The molecule has 2 N–H and O–H groups in total. The van der Waals surface area contributed by atoms with Crippen LogP contribution in [0.1, 0.15) is 44.7 Å². The third-order valence-corrected chi connectivity index (χ3v) is 4.31. The maximum absolute atomic E-state index is 13.6. The molecule has 0 amide bonds. The molecule has 94 valence electrons. The van der Waals surface area contributed by atoms with Gasteiger partial charge in [0.05, 0.1) is 6.20 Å². The molecule has 1 aliphatic carbocycles. The fourth-order valence-electron chi connectivity index (χ4n) is 2.83. The Morgan fingerprint density at radius 1 is 1.35 bits per heavy atom. The Kier molecular flexibility index (Phi) is 3.77. The standard InChI is InChI=1S/C14H21FN2/c1-9-3-4-11(7-10(9)2)14(16)12-5-6-17-8-13(12)15/h5-6,8-11,14H,3-4,7,16H2,1-2H3.